The summed E-state index contributed by atoms with van der Waals surface area (Å²) in [6, 6.07) is 10.1. The van der Waals surface area contributed by atoms with E-state index in [2.05, 4.69) is 22.3 Å². The largest absolute Gasteiger partial charge is 0.347 e. The first kappa shape index (κ1) is 13.1. The lowest BCUT2D eigenvalue weighted by Crippen LogP contribution is -2.39. The van der Waals surface area contributed by atoms with Crippen molar-refractivity contribution in [3.8, 4) is 0 Å². The summed E-state index contributed by atoms with van der Waals surface area (Å²) >= 11 is 0. The van der Waals surface area contributed by atoms with E-state index in [1.165, 1.54) is 12.8 Å². The van der Waals surface area contributed by atoms with Crippen LogP contribution < -0.4 is 11.1 Å². The molecule has 1 atom stereocenters. The van der Waals surface area contributed by atoms with E-state index in [1.54, 1.807) is 0 Å². The SMILES string of the molecule is NCC(=O)NC(CN1CCCC1)c1ccccc1. The van der Waals surface area contributed by atoms with Crippen LogP contribution in [0.2, 0.25) is 0 Å². The van der Waals surface area contributed by atoms with Gasteiger partial charge in [0.1, 0.15) is 0 Å². The number of likely N-dealkylation sites (tertiary alicyclic amines) is 1. The summed E-state index contributed by atoms with van der Waals surface area (Å²) in [6.45, 7) is 3.17. The van der Waals surface area contributed by atoms with Crippen molar-refractivity contribution in [3.05, 3.63) is 35.9 Å². The number of amides is 1. The van der Waals surface area contributed by atoms with Gasteiger partial charge in [-0.2, -0.15) is 0 Å². The van der Waals surface area contributed by atoms with Crippen LogP contribution in [0.4, 0.5) is 0 Å². The highest BCUT2D eigenvalue weighted by molar-refractivity contribution is 5.78. The Morgan fingerprint density at radius 1 is 1.28 bits per heavy atom. The van der Waals surface area contributed by atoms with Gasteiger partial charge < -0.3 is 16.0 Å². The quantitative estimate of drug-likeness (QED) is 0.812. The Hall–Kier alpha value is -1.39. The van der Waals surface area contributed by atoms with Crippen LogP contribution in [0, 0.1) is 0 Å². The van der Waals surface area contributed by atoms with Gasteiger partial charge in [0.2, 0.25) is 5.91 Å². The van der Waals surface area contributed by atoms with E-state index < -0.39 is 0 Å². The summed E-state index contributed by atoms with van der Waals surface area (Å²) in [4.78, 5) is 13.9. The smallest absolute Gasteiger partial charge is 0.234 e. The summed E-state index contributed by atoms with van der Waals surface area (Å²) in [7, 11) is 0. The number of carbonyl (C=O) groups is 1. The lowest BCUT2D eigenvalue weighted by atomic mass is 10.1. The van der Waals surface area contributed by atoms with Crippen molar-refractivity contribution < 1.29 is 4.79 Å². The zero-order chi connectivity index (χ0) is 12.8. The highest BCUT2D eigenvalue weighted by Crippen LogP contribution is 2.17. The Labute approximate surface area is 108 Å². The second kappa shape index (κ2) is 6.52. The number of nitrogens with zero attached hydrogens (tertiary/aromatic N) is 1. The highest BCUT2D eigenvalue weighted by Gasteiger charge is 2.19. The van der Waals surface area contributed by atoms with Crippen LogP contribution in [0.5, 0.6) is 0 Å². The summed E-state index contributed by atoms with van der Waals surface area (Å²) in [6.07, 6.45) is 2.51. The summed E-state index contributed by atoms with van der Waals surface area (Å²) in [5.74, 6) is -0.0944. The topological polar surface area (TPSA) is 58.4 Å². The first-order valence-corrected chi connectivity index (χ1v) is 6.56. The number of carbonyl (C=O) groups excluding carboxylic acids is 1. The van der Waals surface area contributed by atoms with Crippen molar-refractivity contribution in [3.63, 3.8) is 0 Å². The molecular weight excluding hydrogens is 226 g/mol. The molecule has 1 aromatic carbocycles. The molecule has 1 saturated heterocycles. The maximum atomic E-state index is 11.5. The third-order valence-electron chi connectivity index (χ3n) is 3.36. The molecule has 1 aliphatic rings. The Kier molecular flexibility index (Phi) is 4.73. The van der Waals surface area contributed by atoms with Crippen molar-refractivity contribution >= 4 is 5.91 Å². The molecule has 0 bridgehead atoms. The minimum atomic E-state index is -0.0944. The average molecular weight is 247 g/mol. The maximum absolute atomic E-state index is 11.5. The predicted molar refractivity (Wildman–Crippen MR) is 72.1 cm³/mol. The van der Waals surface area contributed by atoms with Crippen LogP contribution >= 0.6 is 0 Å². The summed E-state index contributed by atoms with van der Waals surface area (Å²) in [5.41, 5.74) is 6.53. The van der Waals surface area contributed by atoms with Crippen LogP contribution in [0.25, 0.3) is 0 Å². The third-order valence-corrected chi connectivity index (χ3v) is 3.36. The molecule has 0 radical (unpaired) electrons. The number of nitrogens with two attached hydrogens (primary N) is 1. The second-order valence-corrected chi connectivity index (χ2v) is 4.74. The Balaban J connectivity index is 2.04. The van der Waals surface area contributed by atoms with Gasteiger partial charge in [-0.25, -0.2) is 0 Å². The van der Waals surface area contributed by atoms with Gasteiger partial charge in [0.25, 0.3) is 0 Å². The highest BCUT2D eigenvalue weighted by atomic mass is 16.1. The van der Waals surface area contributed by atoms with Crippen molar-refractivity contribution in [1.29, 1.82) is 0 Å². The lowest BCUT2D eigenvalue weighted by molar-refractivity contribution is -0.120. The maximum Gasteiger partial charge on any atom is 0.234 e. The number of rotatable bonds is 5. The molecule has 1 unspecified atom stereocenters. The van der Waals surface area contributed by atoms with E-state index in [4.69, 9.17) is 5.73 Å². The Morgan fingerprint density at radius 3 is 2.56 bits per heavy atom. The summed E-state index contributed by atoms with van der Waals surface area (Å²) in [5, 5.41) is 3.00. The van der Waals surface area contributed by atoms with E-state index in [0.29, 0.717) is 0 Å². The van der Waals surface area contributed by atoms with E-state index in [0.717, 1.165) is 25.2 Å². The predicted octanol–water partition coefficient (Wildman–Crippen LogP) is 0.898. The molecule has 1 aliphatic heterocycles. The molecule has 0 spiro atoms. The first-order valence-electron chi connectivity index (χ1n) is 6.56. The minimum Gasteiger partial charge on any atom is -0.347 e. The molecule has 0 aliphatic carbocycles. The van der Waals surface area contributed by atoms with Gasteiger partial charge in [0.05, 0.1) is 12.6 Å². The number of hydrogen-bond donors (Lipinski definition) is 2. The van der Waals surface area contributed by atoms with Gasteiger partial charge in [0, 0.05) is 6.54 Å². The monoisotopic (exact) mass is 247 g/mol. The molecule has 4 nitrogen and oxygen atoms in total. The van der Waals surface area contributed by atoms with E-state index in [9.17, 15) is 4.79 Å². The first-order chi connectivity index (χ1) is 8.79. The van der Waals surface area contributed by atoms with Crippen LogP contribution in [-0.4, -0.2) is 37.0 Å². The molecule has 3 N–H and O–H groups in total. The molecule has 18 heavy (non-hydrogen) atoms. The fraction of sp³-hybridized carbons (Fsp3) is 0.500. The normalized spacial score (nSPS) is 17.6. The molecule has 1 amide bonds. The molecule has 0 aromatic heterocycles. The number of hydrogen-bond acceptors (Lipinski definition) is 3. The van der Waals surface area contributed by atoms with E-state index in [-0.39, 0.29) is 18.5 Å². The van der Waals surface area contributed by atoms with E-state index >= 15 is 0 Å². The van der Waals surface area contributed by atoms with Crippen molar-refractivity contribution in [2.75, 3.05) is 26.2 Å². The van der Waals surface area contributed by atoms with Gasteiger partial charge in [0.15, 0.2) is 0 Å². The Morgan fingerprint density at radius 2 is 1.94 bits per heavy atom. The fourth-order valence-corrected chi connectivity index (χ4v) is 2.40. The van der Waals surface area contributed by atoms with Gasteiger partial charge in [-0.05, 0) is 31.5 Å². The Bertz CT molecular complexity index is 374. The third kappa shape index (κ3) is 3.55. The standard InChI is InChI=1S/C14H21N3O/c15-10-14(18)16-13(11-17-8-4-5-9-17)12-6-2-1-3-7-12/h1-3,6-7,13H,4-5,8-11,15H2,(H,16,18). The molecule has 1 fully saturated rings. The number of benzene rings is 1. The lowest BCUT2D eigenvalue weighted by Gasteiger charge is -2.24. The van der Waals surface area contributed by atoms with Crippen molar-refractivity contribution in [2.45, 2.75) is 18.9 Å². The van der Waals surface area contributed by atoms with Gasteiger partial charge in [-0.15, -0.1) is 0 Å². The molecule has 1 heterocycles. The van der Waals surface area contributed by atoms with Gasteiger partial charge in [-0.1, -0.05) is 30.3 Å². The van der Waals surface area contributed by atoms with E-state index in [1.807, 2.05) is 18.2 Å². The van der Waals surface area contributed by atoms with Crippen molar-refractivity contribution in [1.82, 2.24) is 10.2 Å². The van der Waals surface area contributed by atoms with Crippen LogP contribution in [-0.2, 0) is 4.79 Å². The van der Waals surface area contributed by atoms with Crippen LogP contribution in [0.3, 0.4) is 0 Å². The zero-order valence-electron chi connectivity index (χ0n) is 10.6. The zero-order valence-corrected chi connectivity index (χ0v) is 10.6. The molecule has 98 valence electrons. The van der Waals surface area contributed by atoms with Crippen LogP contribution in [0.1, 0.15) is 24.4 Å². The van der Waals surface area contributed by atoms with Gasteiger partial charge >= 0.3 is 0 Å². The van der Waals surface area contributed by atoms with Gasteiger partial charge in [-0.3, -0.25) is 4.79 Å². The second-order valence-electron chi connectivity index (χ2n) is 4.74. The average Bonchev–Trinajstić information content (AvgIpc) is 2.92. The number of nitrogens with one attached hydrogen (secondary N) is 1. The minimum absolute atomic E-state index is 0.0420. The molecule has 4 heteroatoms. The molecule has 1 aromatic rings. The fourth-order valence-electron chi connectivity index (χ4n) is 2.40. The summed E-state index contributed by atoms with van der Waals surface area (Å²) < 4.78 is 0. The van der Waals surface area contributed by atoms with Crippen LogP contribution in [0.15, 0.2) is 30.3 Å². The molecular formula is C14H21N3O. The molecule has 0 saturated carbocycles. The van der Waals surface area contributed by atoms with Crippen molar-refractivity contribution in [2.24, 2.45) is 5.73 Å². The molecule has 2 rings (SSSR count).